The zero-order valence-corrected chi connectivity index (χ0v) is 37.5. The van der Waals surface area contributed by atoms with Crippen molar-refractivity contribution in [3.8, 4) is 0 Å². The van der Waals surface area contributed by atoms with Crippen molar-refractivity contribution in [1.29, 1.82) is 0 Å². The first-order valence-electron chi connectivity index (χ1n) is 22.9. The zero-order chi connectivity index (χ0) is 40.7. The molecule has 0 radical (unpaired) electrons. The van der Waals surface area contributed by atoms with E-state index < -0.39 is 26.5 Å². The molecular weight excluding hydrogens is 713 g/mol. The van der Waals surface area contributed by atoms with Gasteiger partial charge in [0.25, 0.3) is 7.82 Å². The van der Waals surface area contributed by atoms with Crippen molar-refractivity contribution < 1.29 is 42.1 Å². The molecule has 0 spiro atoms. The number of ether oxygens (including phenoxy) is 2. The van der Waals surface area contributed by atoms with E-state index in [0.717, 1.165) is 51.4 Å². The Kier molecular flexibility index (Phi) is 37.4. The number of carbonyl (C=O) groups excluding carboxylic acids is 2. The van der Waals surface area contributed by atoms with Gasteiger partial charge < -0.3 is 27.9 Å². The predicted octanol–water partition coefficient (Wildman–Crippen LogP) is 12.3. The van der Waals surface area contributed by atoms with E-state index >= 15 is 0 Å². The van der Waals surface area contributed by atoms with Crippen LogP contribution in [0.15, 0.2) is 12.2 Å². The number of nitrogens with zero attached hydrogens (tertiary/aromatic N) is 1. The van der Waals surface area contributed by atoms with Crippen LogP contribution in [0.25, 0.3) is 0 Å². The fourth-order valence-corrected chi connectivity index (χ4v) is 7.14. The topological polar surface area (TPSA) is 111 Å². The second kappa shape index (κ2) is 38.3. The molecule has 0 saturated heterocycles. The average Bonchev–Trinajstić information content (AvgIpc) is 3.13. The largest absolute Gasteiger partial charge is 0.756 e. The number of phosphoric ester groups is 1. The van der Waals surface area contributed by atoms with Crippen LogP contribution in [0.4, 0.5) is 0 Å². The highest BCUT2D eigenvalue weighted by atomic mass is 31.2. The van der Waals surface area contributed by atoms with Gasteiger partial charge in [0.1, 0.15) is 19.8 Å². The lowest BCUT2D eigenvalue weighted by Crippen LogP contribution is -2.37. The maximum Gasteiger partial charge on any atom is 0.306 e. The highest BCUT2D eigenvalue weighted by Crippen LogP contribution is 2.38. The molecule has 0 aromatic rings. The Morgan fingerprint density at radius 1 is 0.545 bits per heavy atom. The van der Waals surface area contributed by atoms with E-state index in [2.05, 4.69) is 26.0 Å². The third kappa shape index (κ3) is 42.2. The number of hydrogen-bond donors (Lipinski definition) is 0. The molecule has 0 saturated carbocycles. The second-order valence-electron chi connectivity index (χ2n) is 16.8. The van der Waals surface area contributed by atoms with Crippen molar-refractivity contribution in [2.24, 2.45) is 0 Å². The maximum atomic E-state index is 12.7. The van der Waals surface area contributed by atoms with Crippen LogP contribution in [0.2, 0.25) is 0 Å². The third-order valence-electron chi connectivity index (χ3n) is 10.0. The fraction of sp³-hybridized carbons (Fsp3) is 0.911. The molecule has 55 heavy (non-hydrogen) atoms. The lowest BCUT2D eigenvalue weighted by Gasteiger charge is -2.28. The van der Waals surface area contributed by atoms with Gasteiger partial charge in [-0.05, 0) is 38.5 Å². The number of likely N-dealkylation sites (N-methyl/N-ethyl adjacent to an activating group) is 1. The molecule has 0 aliphatic rings. The molecule has 0 aliphatic carbocycles. The molecule has 0 aliphatic heterocycles. The Morgan fingerprint density at radius 2 is 0.927 bits per heavy atom. The molecule has 0 fully saturated rings. The Morgan fingerprint density at radius 3 is 1.36 bits per heavy atom. The summed E-state index contributed by atoms with van der Waals surface area (Å²) in [6.45, 7) is 4.23. The summed E-state index contributed by atoms with van der Waals surface area (Å²) in [6, 6.07) is 0. The van der Waals surface area contributed by atoms with Crippen molar-refractivity contribution in [2.45, 2.75) is 219 Å². The molecule has 0 aromatic heterocycles. The normalized spacial score (nSPS) is 13.6. The summed E-state index contributed by atoms with van der Waals surface area (Å²) in [6.07, 6.45) is 39.5. The smallest absolute Gasteiger partial charge is 0.306 e. The fourth-order valence-electron chi connectivity index (χ4n) is 6.41. The van der Waals surface area contributed by atoms with E-state index in [9.17, 15) is 19.0 Å². The van der Waals surface area contributed by atoms with Crippen molar-refractivity contribution in [2.75, 3.05) is 47.5 Å². The number of rotatable bonds is 42. The summed E-state index contributed by atoms with van der Waals surface area (Å²) in [5.74, 6) is -0.834. The Bertz CT molecular complexity index is 954. The maximum absolute atomic E-state index is 12.7. The number of esters is 2. The molecule has 0 N–H and O–H groups in total. The van der Waals surface area contributed by atoms with Gasteiger partial charge in [0.2, 0.25) is 0 Å². The van der Waals surface area contributed by atoms with Gasteiger partial charge in [-0.3, -0.25) is 14.2 Å². The number of hydrogen-bond acceptors (Lipinski definition) is 8. The Balaban J connectivity index is 4.28. The van der Waals surface area contributed by atoms with E-state index in [1.165, 1.54) is 128 Å². The van der Waals surface area contributed by atoms with E-state index in [-0.39, 0.29) is 32.0 Å². The van der Waals surface area contributed by atoms with Crippen LogP contribution in [0.1, 0.15) is 213 Å². The highest BCUT2D eigenvalue weighted by molar-refractivity contribution is 7.45. The summed E-state index contributed by atoms with van der Waals surface area (Å²) in [5.41, 5.74) is 0. The van der Waals surface area contributed by atoms with Gasteiger partial charge in [0, 0.05) is 12.8 Å². The molecule has 0 amide bonds. The molecule has 0 rings (SSSR count). The molecule has 0 aromatic carbocycles. The molecule has 10 heteroatoms. The molecule has 326 valence electrons. The van der Waals surface area contributed by atoms with Crippen LogP contribution in [0.3, 0.4) is 0 Å². The lowest BCUT2D eigenvalue weighted by molar-refractivity contribution is -0.870. The van der Waals surface area contributed by atoms with E-state index in [0.29, 0.717) is 17.4 Å². The molecule has 9 nitrogen and oxygen atoms in total. The van der Waals surface area contributed by atoms with Crippen LogP contribution in [0, 0.1) is 0 Å². The van der Waals surface area contributed by atoms with Gasteiger partial charge in [-0.1, -0.05) is 174 Å². The number of carbonyl (C=O) groups is 2. The van der Waals surface area contributed by atoms with Crippen LogP contribution in [0.5, 0.6) is 0 Å². The van der Waals surface area contributed by atoms with Gasteiger partial charge in [-0.2, -0.15) is 0 Å². The SMILES string of the molecule is CCCCCC/C=C\CCCCCCCC(=O)OC(COC(=O)CCCCCCCCCCCCCCCCCCCC)COP(=O)([O-])OCC[N+](C)(C)C. The minimum absolute atomic E-state index is 0.0293. The quantitative estimate of drug-likeness (QED) is 0.0197. The van der Waals surface area contributed by atoms with Gasteiger partial charge in [0.15, 0.2) is 6.10 Å². The molecular formula is C45H88NO8P. The standard InChI is InChI=1S/C45H88NO8P/c1-6-8-10-12-14-16-18-20-21-22-23-24-26-27-29-31-33-35-37-44(47)51-41-43(42-53-55(49,50)52-40-39-46(3,4)5)54-45(48)38-36-34-32-30-28-25-19-17-15-13-11-9-7-2/h17,19,43H,6-16,18,20-42H2,1-5H3/b19-17-. The van der Waals surface area contributed by atoms with Gasteiger partial charge in [0.05, 0.1) is 27.7 Å². The monoisotopic (exact) mass is 802 g/mol. The van der Waals surface area contributed by atoms with Crippen molar-refractivity contribution in [1.82, 2.24) is 0 Å². The van der Waals surface area contributed by atoms with E-state index in [1.807, 2.05) is 21.1 Å². The summed E-state index contributed by atoms with van der Waals surface area (Å²) >= 11 is 0. The van der Waals surface area contributed by atoms with E-state index in [1.54, 1.807) is 0 Å². The van der Waals surface area contributed by atoms with Crippen molar-refractivity contribution in [3.05, 3.63) is 12.2 Å². The minimum Gasteiger partial charge on any atom is -0.756 e. The summed E-state index contributed by atoms with van der Waals surface area (Å²) < 4.78 is 33.9. The number of phosphoric acid groups is 1. The zero-order valence-electron chi connectivity index (χ0n) is 36.6. The number of unbranched alkanes of at least 4 members (excludes halogenated alkanes) is 26. The second-order valence-corrected chi connectivity index (χ2v) is 18.2. The van der Waals surface area contributed by atoms with Gasteiger partial charge >= 0.3 is 11.9 Å². The molecule has 2 atom stereocenters. The summed E-state index contributed by atoms with van der Waals surface area (Å²) in [4.78, 5) is 37.5. The number of quaternary nitrogens is 1. The first-order valence-corrected chi connectivity index (χ1v) is 24.4. The van der Waals surface area contributed by atoms with Crippen molar-refractivity contribution >= 4 is 19.8 Å². The summed E-state index contributed by atoms with van der Waals surface area (Å²) in [7, 11) is 1.17. The minimum atomic E-state index is -4.62. The van der Waals surface area contributed by atoms with Crippen molar-refractivity contribution in [3.63, 3.8) is 0 Å². The lowest BCUT2D eigenvalue weighted by atomic mass is 10.0. The molecule has 0 bridgehead atoms. The first-order chi connectivity index (χ1) is 26.5. The molecule has 0 heterocycles. The number of allylic oxidation sites excluding steroid dienone is 2. The summed E-state index contributed by atoms with van der Waals surface area (Å²) in [5, 5.41) is 0. The van der Waals surface area contributed by atoms with E-state index in [4.69, 9.17) is 18.5 Å². The molecule has 2 unspecified atom stereocenters. The van der Waals surface area contributed by atoms with Gasteiger partial charge in [-0.25, -0.2) is 0 Å². The first kappa shape index (κ1) is 53.8. The highest BCUT2D eigenvalue weighted by Gasteiger charge is 2.21. The van der Waals surface area contributed by atoms with Crippen LogP contribution in [-0.4, -0.2) is 70.0 Å². The van der Waals surface area contributed by atoms with Crippen LogP contribution < -0.4 is 4.89 Å². The Labute approximate surface area is 339 Å². The van der Waals surface area contributed by atoms with Crippen LogP contribution >= 0.6 is 7.82 Å². The average molecular weight is 802 g/mol. The Hall–Kier alpha value is -1.25. The van der Waals surface area contributed by atoms with Gasteiger partial charge in [-0.15, -0.1) is 0 Å². The van der Waals surface area contributed by atoms with Crippen LogP contribution in [-0.2, 0) is 32.7 Å². The third-order valence-corrected chi connectivity index (χ3v) is 11.0. The predicted molar refractivity (Wildman–Crippen MR) is 227 cm³/mol.